The molecule has 0 amide bonds. The molecule has 0 spiro atoms. The minimum atomic E-state index is 0.948. The second kappa shape index (κ2) is 4.74. The fourth-order valence-corrected chi connectivity index (χ4v) is 0.445. The molecule has 2 heteroatoms. The van der Waals surface area contributed by atoms with Crippen LogP contribution in [0.25, 0.3) is 0 Å². The molecular weight excluding hydrogens is 178 g/mol. The number of aliphatic imine (C=N–C) groups is 1. The molecule has 0 bridgehead atoms. The molecule has 0 fully saturated rings. The molecule has 0 unspecified atom stereocenters. The van der Waals surface area contributed by atoms with Crippen molar-refractivity contribution >= 4 is 22.1 Å². The molecule has 1 nitrogen and oxygen atoms in total. The van der Waals surface area contributed by atoms with E-state index in [4.69, 9.17) is 0 Å². The molecule has 0 N–H and O–H groups in total. The first kappa shape index (κ1) is 8.89. The second-order valence-electron chi connectivity index (χ2n) is 2.01. The first-order valence-corrected chi connectivity index (χ1v) is 3.83. The lowest BCUT2D eigenvalue weighted by Gasteiger charge is -1.90. The molecule has 0 aromatic rings. The number of hydrogen-bond acceptors (Lipinski definition) is 1. The summed E-state index contributed by atoms with van der Waals surface area (Å²) in [7, 11) is 0. The van der Waals surface area contributed by atoms with E-state index in [1.54, 1.807) is 0 Å². The van der Waals surface area contributed by atoms with Crippen LogP contribution in [0.2, 0.25) is 0 Å². The first-order valence-electron chi connectivity index (χ1n) is 3.04. The Kier molecular flexibility index (Phi) is 4.68. The van der Waals surface area contributed by atoms with Crippen LogP contribution in [0.4, 0.5) is 0 Å². The molecule has 0 heterocycles. The molecule has 0 aliphatic rings. The van der Waals surface area contributed by atoms with Gasteiger partial charge in [0, 0.05) is 6.21 Å². The standard InChI is InChI=1S/C7H12BrN/c1-4-5-9-7(8)6(2)3/h5H,4H2,1-3H3/b9-5-. The lowest BCUT2D eigenvalue weighted by Crippen LogP contribution is -1.72. The molecule has 0 saturated carbocycles. The number of allylic oxidation sites excluding steroid dienone is 1. The Hall–Kier alpha value is -0.110. The highest BCUT2D eigenvalue weighted by Crippen LogP contribution is 2.11. The van der Waals surface area contributed by atoms with Gasteiger partial charge in [0.05, 0.1) is 0 Å². The highest BCUT2D eigenvalue weighted by molar-refractivity contribution is 9.11. The van der Waals surface area contributed by atoms with Crippen LogP contribution < -0.4 is 0 Å². The zero-order valence-corrected chi connectivity index (χ0v) is 7.70. The van der Waals surface area contributed by atoms with E-state index in [0.29, 0.717) is 0 Å². The first-order chi connectivity index (χ1) is 4.18. The van der Waals surface area contributed by atoms with Crippen LogP contribution in [0.15, 0.2) is 15.2 Å². The van der Waals surface area contributed by atoms with Crippen LogP contribution in [-0.2, 0) is 0 Å². The zero-order chi connectivity index (χ0) is 7.28. The van der Waals surface area contributed by atoms with Crippen molar-refractivity contribution in [3.8, 4) is 0 Å². The molecule has 0 saturated heterocycles. The number of nitrogens with zero attached hydrogens (tertiary/aromatic N) is 1. The summed E-state index contributed by atoms with van der Waals surface area (Å²) in [5.74, 6) is 0. The van der Waals surface area contributed by atoms with Crippen LogP contribution in [0.1, 0.15) is 27.2 Å². The summed E-state index contributed by atoms with van der Waals surface area (Å²) in [6.45, 7) is 6.11. The average molecular weight is 190 g/mol. The summed E-state index contributed by atoms with van der Waals surface area (Å²) < 4.78 is 0.948. The summed E-state index contributed by atoms with van der Waals surface area (Å²) in [5.41, 5.74) is 1.21. The van der Waals surface area contributed by atoms with Crippen LogP contribution in [-0.4, -0.2) is 6.21 Å². The Morgan fingerprint density at radius 2 is 2.11 bits per heavy atom. The van der Waals surface area contributed by atoms with Gasteiger partial charge in [-0.05, 0) is 41.8 Å². The topological polar surface area (TPSA) is 12.4 Å². The maximum atomic E-state index is 4.11. The summed E-state index contributed by atoms with van der Waals surface area (Å²) in [5, 5.41) is 0. The van der Waals surface area contributed by atoms with Crippen molar-refractivity contribution in [2.45, 2.75) is 27.2 Å². The van der Waals surface area contributed by atoms with E-state index in [2.05, 4.69) is 27.8 Å². The largest absolute Gasteiger partial charge is 0.254 e. The normalized spacial score (nSPS) is 10.2. The quantitative estimate of drug-likeness (QED) is 0.468. The predicted molar refractivity (Wildman–Crippen MR) is 46.1 cm³/mol. The maximum Gasteiger partial charge on any atom is 0.104 e. The van der Waals surface area contributed by atoms with Crippen molar-refractivity contribution in [3.63, 3.8) is 0 Å². The Balaban J connectivity index is 3.91. The third-order valence-electron chi connectivity index (χ3n) is 0.800. The van der Waals surface area contributed by atoms with E-state index >= 15 is 0 Å². The molecule has 0 aliphatic carbocycles. The van der Waals surface area contributed by atoms with Gasteiger partial charge in [-0.25, -0.2) is 0 Å². The molecule has 0 aromatic carbocycles. The Labute approximate surface area is 65.0 Å². The van der Waals surface area contributed by atoms with Crippen LogP contribution in [0.3, 0.4) is 0 Å². The minimum Gasteiger partial charge on any atom is -0.254 e. The van der Waals surface area contributed by atoms with Crippen molar-refractivity contribution in [2.75, 3.05) is 0 Å². The van der Waals surface area contributed by atoms with Crippen molar-refractivity contribution < 1.29 is 0 Å². The zero-order valence-electron chi connectivity index (χ0n) is 6.11. The SMILES string of the molecule is CC/C=N\C(Br)=C(C)C. The Bertz CT molecular complexity index is 132. The van der Waals surface area contributed by atoms with Gasteiger partial charge in [-0.15, -0.1) is 0 Å². The monoisotopic (exact) mass is 189 g/mol. The second-order valence-corrected chi connectivity index (χ2v) is 2.76. The van der Waals surface area contributed by atoms with Crippen LogP contribution >= 0.6 is 15.9 Å². The Morgan fingerprint density at radius 1 is 1.56 bits per heavy atom. The molecule has 0 aliphatic heterocycles. The van der Waals surface area contributed by atoms with Crippen molar-refractivity contribution in [1.82, 2.24) is 0 Å². The molecular formula is C7H12BrN. The van der Waals surface area contributed by atoms with Gasteiger partial charge < -0.3 is 0 Å². The maximum absolute atomic E-state index is 4.11. The van der Waals surface area contributed by atoms with Crippen molar-refractivity contribution in [2.24, 2.45) is 4.99 Å². The fourth-order valence-electron chi connectivity index (χ4n) is 0.301. The minimum absolute atomic E-state index is 0.948. The van der Waals surface area contributed by atoms with Crippen molar-refractivity contribution in [1.29, 1.82) is 0 Å². The molecule has 0 atom stereocenters. The summed E-state index contributed by atoms with van der Waals surface area (Å²) >= 11 is 3.32. The van der Waals surface area contributed by atoms with Crippen molar-refractivity contribution in [3.05, 3.63) is 10.2 Å². The van der Waals surface area contributed by atoms with Crippen LogP contribution in [0.5, 0.6) is 0 Å². The number of rotatable bonds is 2. The average Bonchev–Trinajstić information content (AvgIpc) is 1.82. The van der Waals surface area contributed by atoms with E-state index in [0.717, 1.165) is 11.0 Å². The summed E-state index contributed by atoms with van der Waals surface area (Å²) in [6, 6.07) is 0. The van der Waals surface area contributed by atoms with Gasteiger partial charge in [-0.3, -0.25) is 4.99 Å². The lowest BCUT2D eigenvalue weighted by atomic mass is 10.4. The predicted octanol–water partition coefficient (Wildman–Crippen LogP) is 3.11. The molecule has 0 aromatic heterocycles. The van der Waals surface area contributed by atoms with Gasteiger partial charge in [0.2, 0.25) is 0 Å². The van der Waals surface area contributed by atoms with E-state index in [-0.39, 0.29) is 0 Å². The smallest absolute Gasteiger partial charge is 0.104 e. The fraction of sp³-hybridized carbons (Fsp3) is 0.571. The number of hydrogen-bond donors (Lipinski definition) is 0. The van der Waals surface area contributed by atoms with E-state index in [9.17, 15) is 0 Å². The van der Waals surface area contributed by atoms with Gasteiger partial charge in [0.15, 0.2) is 0 Å². The highest BCUT2D eigenvalue weighted by atomic mass is 79.9. The van der Waals surface area contributed by atoms with Gasteiger partial charge in [0.1, 0.15) is 4.61 Å². The van der Waals surface area contributed by atoms with Gasteiger partial charge in [-0.1, -0.05) is 6.92 Å². The van der Waals surface area contributed by atoms with Gasteiger partial charge in [-0.2, -0.15) is 0 Å². The van der Waals surface area contributed by atoms with Gasteiger partial charge >= 0.3 is 0 Å². The third kappa shape index (κ3) is 4.40. The molecule has 0 rings (SSSR count). The number of halogens is 1. The third-order valence-corrected chi connectivity index (χ3v) is 1.80. The highest BCUT2D eigenvalue weighted by Gasteiger charge is 1.85. The lowest BCUT2D eigenvalue weighted by molar-refractivity contribution is 1.28. The molecule has 9 heavy (non-hydrogen) atoms. The molecule has 0 radical (unpaired) electrons. The van der Waals surface area contributed by atoms with Crippen LogP contribution in [0, 0.1) is 0 Å². The van der Waals surface area contributed by atoms with E-state index in [1.807, 2.05) is 20.1 Å². The van der Waals surface area contributed by atoms with Gasteiger partial charge in [0.25, 0.3) is 0 Å². The summed E-state index contributed by atoms with van der Waals surface area (Å²) in [4.78, 5) is 4.11. The summed E-state index contributed by atoms with van der Waals surface area (Å²) in [6.07, 6.45) is 2.87. The Morgan fingerprint density at radius 3 is 2.44 bits per heavy atom. The molecule has 52 valence electrons. The van der Waals surface area contributed by atoms with E-state index < -0.39 is 0 Å². The van der Waals surface area contributed by atoms with E-state index in [1.165, 1.54) is 5.57 Å².